The van der Waals surface area contributed by atoms with Crippen LogP contribution < -0.4 is 0 Å². The molecule has 3 atom stereocenters. The molecule has 1 saturated carbocycles. The number of aliphatic hydroxyl groups is 1. The molecule has 3 nitrogen and oxygen atoms in total. The summed E-state index contributed by atoms with van der Waals surface area (Å²) >= 11 is 0. The molecule has 1 rings (SSSR count). The van der Waals surface area contributed by atoms with Gasteiger partial charge in [-0.25, -0.2) is 0 Å². The predicted molar refractivity (Wildman–Crippen MR) is 61.7 cm³/mol. The number of hydrogen-bond acceptors (Lipinski definition) is 3. The number of aliphatic hydroxyl groups excluding tert-OH is 1. The van der Waals surface area contributed by atoms with Crippen LogP contribution in [0.25, 0.3) is 0 Å². The quantitative estimate of drug-likeness (QED) is 0.562. The lowest BCUT2D eigenvalue weighted by Crippen LogP contribution is -2.24. The minimum absolute atomic E-state index is 0.219. The predicted octanol–water partition coefficient (Wildman–Crippen LogP) is 1.84. The maximum absolute atomic E-state index is 9.79. The highest BCUT2D eigenvalue weighted by atomic mass is 32.2. The summed E-state index contributed by atoms with van der Waals surface area (Å²) in [5.41, 5.74) is 0. The standard InChI is InChI=1S/C10H21NO2S/c1-14(2,11)13-8-9-6-4-3-5-7-10(9)12/h9-12H,1,3-8H2,2H3/t9-,10+,14?/m1/s1. The van der Waals surface area contributed by atoms with E-state index in [9.17, 15) is 5.11 Å². The van der Waals surface area contributed by atoms with Crippen molar-refractivity contribution < 1.29 is 9.29 Å². The average Bonchev–Trinajstić information content (AvgIpc) is 2.25. The van der Waals surface area contributed by atoms with E-state index in [1.54, 1.807) is 6.26 Å². The van der Waals surface area contributed by atoms with Gasteiger partial charge in [0.25, 0.3) is 0 Å². The molecule has 0 saturated heterocycles. The van der Waals surface area contributed by atoms with Gasteiger partial charge in [0.1, 0.15) is 0 Å². The van der Waals surface area contributed by atoms with Gasteiger partial charge in [0, 0.05) is 12.2 Å². The highest BCUT2D eigenvalue weighted by Crippen LogP contribution is 2.23. The molecular weight excluding hydrogens is 198 g/mol. The Morgan fingerprint density at radius 3 is 2.71 bits per heavy atom. The van der Waals surface area contributed by atoms with Crippen molar-refractivity contribution in [3.8, 4) is 0 Å². The third-order valence-corrected chi connectivity index (χ3v) is 3.32. The van der Waals surface area contributed by atoms with Crippen molar-refractivity contribution in [2.75, 3.05) is 12.9 Å². The molecule has 0 heterocycles. The van der Waals surface area contributed by atoms with Crippen molar-refractivity contribution >= 4 is 15.6 Å². The minimum atomic E-state index is -1.87. The fraction of sp³-hybridized carbons (Fsp3) is 0.900. The molecular formula is C10H21NO2S. The third-order valence-electron chi connectivity index (χ3n) is 2.66. The molecule has 1 aliphatic rings. The Morgan fingerprint density at radius 2 is 2.07 bits per heavy atom. The van der Waals surface area contributed by atoms with E-state index in [4.69, 9.17) is 8.96 Å². The Bertz CT molecular complexity index is 261. The molecule has 0 aromatic carbocycles. The Labute approximate surface area is 87.1 Å². The Morgan fingerprint density at radius 1 is 1.43 bits per heavy atom. The zero-order valence-corrected chi connectivity index (χ0v) is 9.68. The van der Waals surface area contributed by atoms with Crippen LogP contribution in [0.5, 0.6) is 0 Å². The van der Waals surface area contributed by atoms with Crippen LogP contribution in [-0.2, 0) is 13.9 Å². The van der Waals surface area contributed by atoms with E-state index in [0.29, 0.717) is 6.61 Å². The molecule has 0 aromatic heterocycles. The smallest absolute Gasteiger partial charge is 0.0670 e. The SMILES string of the molecule is C=S(C)(=N)OC[C@H]1CCCCC[C@@H]1O. The van der Waals surface area contributed by atoms with Crippen molar-refractivity contribution in [3.63, 3.8) is 0 Å². The second kappa shape index (κ2) is 5.14. The molecule has 0 bridgehead atoms. The van der Waals surface area contributed by atoms with Crippen LogP contribution in [0.1, 0.15) is 32.1 Å². The molecule has 1 fully saturated rings. The summed E-state index contributed by atoms with van der Waals surface area (Å²) in [7, 11) is -1.87. The summed E-state index contributed by atoms with van der Waals surface area (Å²) in [6.07, 6.45) is 6.88. The second-order valence-electron chi connectivity index (χ2n) is 4.25. The van der Waals surface area contributed by atoms with Crippen LogP contribution in [0.4, 0.5) is 0 Å². The lowest BCUT2D eigenvalue weighted by molar-refractivity contribution is 0.0740. The van der Waals surface area contributed by atoms with E-state index < -0.39 is 9.69 Å². The average molecular weight is 219 g/mol. The molecule has 0 aliphatic heterocycles. The van der Waals surface area contributed by atoms with Crippen molar-refractivity contribution in [3.05, 3.63) is 0 Å². The van der Waals surface area contributed by atoms with E-state index in [0.717, 1.165) is 19.3 Å². The summed E-state index contributed by atoms with van der Waals surface area (Å²) in [5, 5.41) is 9.79. The molecule has 4 heteroatoms. The van der Waals surface area contributed by atoms with Crippen molar-refractivity contribution in [2.45, 2.75) is 38.2 Å². The van der Waals surface area contributed by atoms with E-state index >= 15 is 0 Å². The van der Waals surface area contributed by atoms with Gasteiger partial charge in [-0.1, -0.05) is 19.3 Å². The molecule has 84 valence electrons. The largest absolute Gasteiger partial charge is 0.393 e. The molecule has 0 aromatic rings. The van der Waals surface area contributed by atoms with E-state index in [2.05, 4.69) is 5.87 Å². The van der Waals surface area contributed by atoms with Crippen LogP contribution in [-0.4, -0.2) is 29.9 Å². The van der Waals surface area contributed by atoms with Gasteiger partial charge < -0.3 is 9.29 Å². The van der Waals surface area contributed by atoms with Crippen molar-refractivity contribution in [2.24, 2.45) is 5.92 Å². The Balaban J connectivity index is 2.41. The summed E-state index contributed by atoms with van der Waals surface area (Å²) in [5.74, 6) is 3.87. The lowest BCUT2D eigenvalue weighted by Gasteiger charge is -2.21. The number of hydrogen-bond donors (Lipinski definition) is 2. The highest BCUT2D eigenvalue weighted by Gasteiger charge is 2.21. The monoisotopic (exact) mass is 219 g/mol. The van der Waals surface area contributed by atoms with Gasteiger partial charge in [0.2, 0.25) is 0 Å². The number of nitrogens with one attached hydrogen (secondary N) is 1. The van der Waals surface area contributed by atoms with E-state index in [1.165, 1.54) is 12.8 Å². The molecule has 2 N–H and O–H groups in total. The van der Waals surface area contributed by atoms with E-state index in [-0.39, 0.29) is 12.0 Å². The van der Waals surface area contributed by atoms with Crippen LogP contribution in [0.15, 0.2) is 0 Å². The first-order valence-electron chi connectivity index (χ1n) is 5.17. The van der Waals surface area contributed by atoms with Gasteiger partial charge in [0.05, 0.1) is 12.7 Å². The Hall–Kier alpha value is -0.0600. The summed E-state index contributed by atoms with van der Waals surface area (Å²) in [6.45, 7) is 0.500. The maximum Gasteiger partial charge on any atom is 0.0670 e. The van der Waals surface area contributed by atoms with Gasteiger partial charge in [-0.15, -0.1) is 0 Å². The zero-order valence-electron chi connectivity index (χ0n) is 8.87. The van der Waals surface area contributed by atoms with Gasteiger partial charge in [0.15, 0.2) is 0 Å². The van der Waals surface area contributed by atoms with Crippen LogP contribution in [0, 0.1) is 10.7 Å². The molecule has 1 aliphatic carbocycles. The van der Waals surface area contributed by atoms with Gasteiger partial charge in [-0.05, 0) is 28.4 Å². The first-order chi connectivity index (χ1) is 6.49. The first kappa shape index (κ1) is 12.0. The Kier molecular flexibility index (Phi) is 4.41. The number of rotatable bonds is 3. The fourth-order valence-corrected chi connectivity index (χ4v) is 2.27. The highest BCUT2D eigenvalue weighted by molar-refractivity contribution is 7.96. The molecule has 0 radical (unpaired) electrons. The first-order valence-corrected chi connectivity index (χ1v) is 7.31. The van der Waals surface area contributed by atoms with Gasteiger partial charge >= 0.3 is 0 Å². The van der Waals surface area contributed by atoms with Crippen LogP contribution >= 0.6 is 0 Å². The third kappa shape index (κ3) is 4.44. The molecule has 0 spiro atoms. The molecule has 1 unspecified atom stereocenters. The normalized spacial score (nSPS) is 33.3. The molecule has 14 heavy (non-hydrogen) atoms. The van der Waals surface area contributed by atoms with Crippen molar-refractivity contribution in [1.82, 2.24) is 0 Å². The summed E-state index contributed by atoms with van der Waals surface area (Å²) in [6, 6.07) is 0. The summed E-state index contributed by atoms with van der Waals surface area (Å²) < 4.78 is 12.9. The van der Waals surface area contributed by atoms with E-state index in [1.807, 2.05) is 0 Å². The second-order valence-corrected chi connectivity index (χ2v) is 6.50. The topological polar surface area (TPSA) is 53.3 Å². The maximum atomic E-state index is 9.79. The fourth-order valence-electron chi connectivity index (χ4n) is 1.80. The van der Waals surface area contributed by atoms with Crippen LogP contribution in [0.3, 0.4) is 0 Å². The minimum Gasteiger partial charge on any atom is -0.393 e. The zero-order chi connectivity index (χ0) is 10.6. The summed E-state index contributed by atoms with van der Waals surface area (Å²) in [4.78, 5) is 0. The van der Waals surface area contributed by atoms with Gasteiger partial charge in [-0.3, -0.25) is 4.78 Å². The van der Waals surface area contributed by atoms with Gasteiger partial charge in [-0.2, -0.15) is 0 Å². The van der Waals surface area contributed by atoms with Crippen LogP contribution in [0.2, 0.25) is 0 Å². The lowest BCUT2D eigenvalue weighted by atomic mass is 9.99. The van der Waals surface area contributed by atoms with Crippen molar-refractivity contribution in [1.29, 1.82) is 4.78 Å². The molecule has 0 amide bonds.